The van der Waals surface area contributed by atoms with Gasteiger partial charge in [-0.1, -0.05) is 18.2 Å². The predicted molar refractivity (Wildman–Crippen MR) is 140 cm³/mol. The van der Waals surface area contributed by atoms with Gasteiger partial charge in [0.15, 0.2) is 0 Å². The number of urea groups is 2. The lowest BCUT2D eigenvalue weighted by Crippen LogP contribution is -2.61. The number of para-hydroxylation sites is 1. The molecule has 0 radical (unpaired) electrons. The molecule has 5 N–H and O–H groups in total. The van der Waals surface area contributed by atoms with Crippen molar-refractivity contribution >= 4 is 53.1 Å². The predicted octanol–water partition coefficient (Wildman–Crippen LogP) is 0.529. The van der Waals surface area contributed by atoms with Crippen molar-refractivity contribution in [1.29, 1.82) is 0 Å². The number of carbonyl (C=O) groups is 6. The fraction of sp³-hybridized carbons (Fsp3) is 0.417. The van der Waals surface area contributed by atoms with Crippen molar-refractivity contribution in [3.8, 4) is 0 Å². The van der Waals surface area contributed by atoms with Gasteiger partial charge in [0.05, 0.1) is 39.4 Å². The summed E-state index contributed by atoms with van der Waals surface area (Å²) in [5.74, 6) is -9.45. The molecule has 0 fully saturated rings. The van der Waals surface area contributed by atoms with E-state index in [0.717, 1.165) is 28.3 Å². The van der Waals surface area contributed by atoms with Gasteiger partial charge in [-0.15, -0.1) is 0 Å². The van der Waals surface area contributed by atoms with Gasteiger partial charge in [0.2, 0.25) is 5.41 Å². The Morgan fingerprint density at radius 1 is 0.825 bits per heavy atom. The van der Waals surface area contributed by atoms with Crippen molar-refractivity contribution in [2.24, 2.45) is 33.2 Å². The molecule has 0 aliphatic carbocycles. The van der Waals surface area contributed by atoms with Crippen LogP contribution in [0.15, 0.2) is 40.5 Å². The Balaban J connectivity index is 3.91. The molecule has 2 atom stereocenters. The molecule has 218 valence electrons. The fourth-order valence-corrected chi connectivity index (χ4v) is 3.87. The van der Waals surface area contributed by atoms with E-state index >= 15 is 0 Å². The number of amides is 4. The number of nitrogens with two attached hydrogens (primary N) is 1. The number of nitrogens with one attached hydrogen (secondary N) is 3. The van der Waals surface area contributed by atoms with Gasteiger partial charge in [0.1, 0.15) is 11.8 Å². The molecule has 1 aromatic carbocycles. The van der Waals surface area contributed by atoms with Gasteiger partial charge in [0, 0.05) is 5.69 Å². The first-order valence-corrected chi connectivity index (χ1v) is 11.6. The van der Waals surface area contributed by atoms with E-state index in [2.05, 4.69) is 20.9 Å². The van der Waals surface area contributed by atoms with Crippen molar-refractivity contribution in [3.63, 3.8) is 0 Å². The summed E-state index contributed by atoms with van der Waals surface area (Å²) in [4.78, 5) is 77.2. The van der Waals surface area contributed by atoms with Crippen LogP contribution in [0.3, 0.4) is 0 Å². The molecule has 1 aromatic rings. The van der Waals surface area contributed by atoms with Gasteiger partial charge < -0.3 is 30.0 Å². The minimum atomic E-state index is -2.92. The van der Waals surface area contributed by atoms with E-state index < -0.39 is 58.9 Å². The zero-order valence-corrected chi connectivity index (χ0v) is 22.8. The molecule has 40 heavy (non-hydrogen) atoms. The zero-order chi connectivity index (χ0) is 30.5. The fourth-order valence-electron chi connectivity index (χ4n) is 3.87. The Morgan fingerprint density at radius 3 is 1.77 bits per heavy atom. The quantitative estimate of drug-likeness (QED) is 0.0905. The highest BCUT2D eigenvalue weighted by Crippen LogP contribution is 2.42. The van der Waals surface area contributed by atoms with Crippen LogP contribution in [-0.2, 0) is 38.1 Å². The van der Waals surface area contributed by atoms with Gasteiger partial charge in [-0.25, -0.2) is 20.4 Å². The summed E-state index contributed by atoms with van der Waals surface area (Å²) in [5.41, 5.74) is 5.81. The van der Waals surface area contributed by atoms with Crippen LogP contribution in [0.5, 0.6) is 0 Å². The molecule has 0 saturated heterocycles. The second-order valence-electron chi connectivity index (χ2n) is 7.91. The average molecular weight is 565 g/mol. The maximum absolute atomic E-state index is 13.5. The second-order valence-corrected chi connectivity index (χ2v) is 7.91. The van der Waals surface area contributed by atoms with Gasteiger partial charge in [0.25, 0.3) is 0 Å². The largest absolute Gasteiger partial charge is 0.468 e. The number of hydrogen-bond acceptors (Lipinski definition) is 12. The molecule has 4 amide bonds. The lowest BCUT2D eigenvalue weighted by molar-refractivity contribution is -0.185. The van der Waals surface area contributed by atoms with Crippen LogP contribution in [0.25, 0.3) is 0 Å². The lowest BCUT2D eigenvalue weighted by atomic mass is 9.63. The van der Waals surface area contributed by atoms with E-state index in [1.165, 1.54) is 13.8 Å². The molecule has 0 bridgehead atoms. The molecule has 2 unspecified atom stereocenters. The first-order valence-electron chi connectivity index (χ1n) is 11.6. The van der Waals surface area contributed by atoms with Crippen LogP contribution in [0, 0.1) is 17.3 Å². The van der Waals surface area contributed by atoms with Crippen molar-refractivity contribution in [1.82, 2.24) is 10.9 Å². The van der Waals surface area contributed by atoms with E-state index in [4.69, 9.17) is 24.7 Å². The molecule has 0 saturated carbocycles. The standard InChI is InChI=1S/C24H32N6O10/c1-7-40-19(32)17(14(3)27-29-22(25)35)24(20(33)38-5,21(34)39-6)16(18(31)37-4)13(2)28-30-23(36)26-15-11-9-8-10-12-15/h8-12,16-17H,7H2,1-6H3,(H3,25,29,35)(H2,26,30,36)/b27-14+,28-13+. The second kappa shape index (κ2) is 15.4. The lowest BCUT2D eigenvalue weighted by Gasteiger charge is -2.38. The topological polar surface area (TPSA) is 226 Å². The van der Waals surface area contributed by atoms with Gasteiger partial charge in [-0.3, -0.25) is 19.2 Å². The Bertz CT molecular complexity index is 1150. The maximum atomic E-state index is 13.5. The number of nitrogens with zero attached hydrogens (tertiary/aromatic N) is 2. The Labute approximate surface area is 229 Å². The summed E-state index contributed by atoms with van der Waals surface area (Å²) in [7, 11) is 2.73. The minimum Gasteiger partial charge on any atom is -0.468 e. The van der Waals surface area contributed by atoms with Crippen LogP contribution in [0.4, 0.5) is 15.3 Å². The summed E-state index contributed by atoms with van der Waals surface area (Å²) in [6.45, 7) is 3.56. The monoisotopic (exact) mass is 564 g/mol. The number of hydrogen-bond donors (Lipinski definition) is 4. The van der Waals surface area contributed by atoms with E-state index in [1.54, 1.807) is 30.3 Å². The summed E-state index contributed by atoms with van der Waals surface area (Å²) >= 11 is 0. The van der Waals surface area contributed by atoms with Crippen molar-refractivity contribution < 1.29 is 47.7 Å². The highest BCUT2D eigenvalue weighted by atomic mass is 16.6. The number of hydrazone groups is 2. The van der Waals surface area contributed by atoms with E-state index in [-0.39, 0.29) is 12.3 Å². The van der Waals surface area contributed by atoms with Crippen LogP contribution in [0.1, 0.15) is 20.8 Å². The average Bonchev–Trinajstić information content (AvgIpc) is 2.93. The number of primary amides is 1. The van der Waals surface area contributed by atoms with Crippen LogP contribution >= 0.6 is 0 Å². The molecule has 0 aliphatic rings. The van der Waals surface area contributed by atoms with E-state index in [9.17, 15) is 28.8 Å². The van der Waals surface area contributed by atoms with Crippen molar-refractivity contribution in [3.05, 3.63) is 30.3 Å². The molecular formula is C24H32N6O10. The summed E-state index contributed by atoms with van der Waals surface area (Å²) < 4.78 is 19.7. The highest BCUT2D eigenvalue weighted by molar-refractivity contribution is 6.20. The number of benzene rings is 1. The molecule has 16 nitrogen and oxygen atoms in total. The third-order valence-electron chi connectivity index (χ3n) is 5.46. The number of rotatable bonds is 12. The first kappa shape index (κ1) is 33.0. The van der Waals surface area contributed by atoms with E-state index in [0.29, 0.717) is 5.69 Å². The number of esters is 4. The summed E-state index contributed by atoms with van der Waals surface area (Å²) in [5, 5.41) is 10.0. The normalized spacial score (nSPS) is 13.2. The Hall–Kier alpha value is -5.02. The highest BCUT2D eigenvalue weighted by Gasteiger charge is 2.67. The van der Waals surface area contributed by atoms with Crippen LogP contribution in [0.2, 0.25) is 0 Å². The third-order valence-corrected chi connectivity index (χ3v) is 5.46. The van der Waals surface area contributed by atoms with Crippen LogP contribution < -0.4 is 21.9 Å². The van der Waals surface area contributed by atoms with Crippen molar-refractivity contribution in [2.45, 2.75) is 20.8 Å². The summed E-state index contributed by atoms with van der Waals surface area (Å²) in [6, 6.07) is 6.28. The van der Waals surface area contributed by atoms with Gasteiger partial charge >= 0.3 is 35.9 Å². The number of carbonyl (C=O) groups excluding carboxylic acids is 6. The van der Waals surface area contributed by atoms with Gasteiger partial charge in [-0.2, -0.15) is 10.2 Å². The molecular weight excluding hydrogens is 532 g/mol. The number of ether oxygens (including phenoxy) is 4. The zero-order valence-electron chi connectivity index (χ0n) is 22.8. The molecule has 0 spiro atoms. The summed E-state index contributed by atoms with van der Waals surface area (Å²) in [6.07, 6.45) is 0. The third kappa shape index (κ3) is 7.75. The molecule has 16 heteroatoms. The minimum absolute atomic E-state index is 0.221. The van der Waals surface area contributed by atoms with Crippen LogP contribution in [-0.4, -0.2) is 75.3 Å². The molecule has 1 rings (SSSR count). The number of anilines is 1. The van der Waals surface area contributed by atoms with Gasteiger partial charge in [-0.05, 0) is 32.9 Å². The molecule has 0 aliphatic heterocycles. The Morgan fingerprint density at radius 2 is 1.32 bits per heavy atom. The smallest absolute Gasteiger partial charge is 0.339 e. The van der Waals surface area contributed by atoms with E-state index in [1.807, 2.05) is 5.43 Å². The molecule has 0 heterocycles. The SMILES string of the molecule is CCOC(=O)C(/C(C)=N/NC(N)=O)C(C(=O)OC)(C(=O)OC)C(C(=O)OC)/C(C)=N/NC(=O)Nc1ccccc1. The molecule has 0 aromatic heterocycles. The Kier molecular flexibility index (Phi) is 12.7. The first-order chi connectivity index (χ1) is 18.9. The number of methoxy groups -OCH3 is 3. The maximum Gasteiger partial charge on any atom is 0.339 e. The van der Waals surface area contributed by atoms with Crippen molar-refractivity contribution in [2.75, 3.05) is 33.3 Å².